The van der Waals surface area contributed by atoms with Crippen LogP contribution in [0.5, 0.6) is 0 Å². The van der Waals surface area contributed by atoms with Crippen LogP contribution in [0.4, 0.5) is 0 Å². The predicted octanol–water partition coefficient (Wildman–Crippen LogP) is 1.47. The van der Waals surface area contributed by atoms with Crippen LogP contribution in [0.25, 0.3) is 0 Å². The molecule has 23 heavy (non-hydrogen) atoms. The van der Waals surface area contributed by atoms with Gasteiger partial charge in [0.15, 0.2) is 0 Å². The molecule has 1 N–H and O–H groups in total. The highest BCUT2D eigenvalue weighted by atomic mass is 16.6. The second-order valence-corrected chi connectivity index (χ2v) is 5.91. The van der Waals surface area contributed by atoms with Crippen molar-refractivity contribution >= 4 is 17.8 Å². The minimum atomic E-state index is -0.923. The molecular formula is C16H22N2O5. The molecule has 1 rings (SSSR count). The first-order valence-electron chi connectivity index (χ1n) is 7.23. The second-order valence-electron chi connectivity index (χ2n) is 5.91. The number of hydrogen-bond donors (Lipinski definition) is 1. The van der Waals surface area contributed by atoms with E-state index in [9.17, 15) is 14.4 Å². The van der Waals surface area contributed by atoms with Crippen LogP contribution in [0.15, 0.2) is 24.5 Å². The van der Waals surface area contributed by atoms with Gasteiger partial charge in [0.1, 0.15) is 11.6 Å². The number of hydrogen-bond acceptors (Lipinski definition) is 6. The summed E-state index contributed by atoms with van der Waals surface area (Å²) in [5.74, 6) is -1.49. The van der Waals surface area contributed by atoms with E-state index >= 15 is 0 Å². The van der Waals surface area contributed by atoms with Gasteiger partial charge in [-0.2, -0.15) is 0 Å². The van der Waals surface area contributed by atoms with Crippen LogP contribution >= 0.6 is 0 Å². The molecule has 0 aliphatic rings. The monoisotopic (exact) mass is 322 g/mol. The first-order chi connectivity index (χ1) is 10.7. The van der Waals surface area contributed by atoms with Crippen molar-refractivity contribution in [1.82, 2.24) is 10.3 Å². The number of carbonyl (C=O) groups is 3. The molecule has 0 saturated heterocycles. The van der Waals surface area contributed by atoms with E-state index in [0.29, 0.717) is 5.56 Å². The lowest BCUT2D eigenvalue weighted by molar-refractivity contribution is -0.155. The molecule has 1 aromatic rings. The predicted molar refractivity (Wildman–Crippen MR) is 82.6 cm³/mol. The summed E-state index contributed by atoms with van der Waals surface area (Å²) in [6, 6.07) is 2.13. The lowest BCUT2D eigenvalue weighted by Crippen LogP contribution is -2.42. The largest absolute Gasteiger partial charge is 0.467 e. The van der Waals surface area contributed by atoms with Crippen molar-refractivity contribution in [3.63, 3.8) is 0 Å². The topological polar surface area (TPSA) is 94.6 Å². The standard InChI is InChI=1S/C16H22N2O5/c1-16(2,3)23-13(19)6-5-12(15(21)22-4)18-14(20)11-7-9-17-10-8-11/h7-10,12H,5-6H2,1-4H3,(H,18,20)/t12-/m0/s1. The van der Waals surface area contributed by atoms with Gasteiger partial charge in [0.25, 0.3) is 5.91 Å². The summed E-state index contributed by atoms with van der Waals surface area (Å²) in [4.78, 5) is 39.4. The van der Waals surface area contributed by atoms with E-state index in [1.807, 2.05) is 0 Å². The SMILES string of the molecule is COC(=O)[C@H](CCC(=O)OC(C)(C)C)NC(=O)c1ccncc1. The smallest absolute Gasteiger partial charge is 0.328 e. The van der Waals surface area contributed by atoms with Gasteiger partial charge in [0, 0.05) is 24.4 Å². The Morgan fingerprint density at radius 3 is 2.35 bits per heavy atom. The van der Waals surface area contributed by atoms with Gasteiger partial charge in [-0.1, -0.05) is 0 Å². The Kier molecular flexibility index (Phi) is 6.68. The average molecular weight is 322 g/mol. The lowest BCUT2D eigenvalue weighted by atomic mass is 10.1. The highest BCUT2D eigenvalue weighted by Crippen LogP contribution is 2.11. The number of esters is 2. The molecule has 0 unspecified atom stereocenters. The summed E-state index contributed by atoms with van der Waals surface area (Å²) < 4.78 is 9.84. The van der Waals surface area contributed by atoms with E-state index in [0.717, 1.165) is 0 Å². The van der Waals surface area contributed by atoms with Crippen molar-refractivity contribution in [1.29, 1.82) is 0 Å². The van der Waals surface area contributed by atoms with Crippen LogP contribution in [0.3, 0.4) is 0 Å². The number of methoxy groups -OCH3 is 1. The zero-order valence-electron chi connectivity index (χ0n) is 13.8. The van der Waals surface area contributed by atoms with Gasteiger partial charge in [-0.25, -0.2) is 4.79 Å². The van der Waals surface area contributed by atoms with Crippen LogP contribution in [0, 0.1) is 0 Å². The third-order valence-electron chi connectivity index (χ3n) is 2.79. The molecule has 0 bridgehead atoms. The molecule has 0 aliphatic heterocycles. The molecule has 0 aromatic carbocycles. The summed E-state index contributed by atoms with van der Waals surface area (Å²) in [6.45, 7) is 5.27. The highest BCUT2D eigenvalue weighted by Gasteiger charge is 2.24. The molecule has 7 heteroatoms. The number of ether oxygens (including phenoxy) is 2. The Hall–Kier alpha value is -2.44. The van der Waals surface area contributed by atoms with Crippen molar-refractivity contribution in [2.24, 2.45) is 0 Å². The van der Waals surface area contributed by atoms with Crippen molar-refractivity contribution < 1.29 is 23.9 Å². The molecule has 0 aliphatic carbocycles. The molecule has 7 nitrogen and oxygen atoms in total. The average Bonchev–Trinajstić information content (AvgIpc) is 2.49. The Bertz CT molecular complexity index is 551. The van der Waals surface area contributed by atoms with Gasteiger partial charge >= 0.3 is 11.9 Å². The summed E-state index contributed by atoms with van der Waals surface area (Å²) in [7, 11) is 1.22. The van der Waals surface area contributed by atoms with E-state index in [2.05, 4.69) is 15.0 Å². The molecule has 0 saturated carbocycles. The third kappa shape index (κ3) is 6.90. The summed E-state index contributed by atoms with van der Waals surface area (Å²) in [6.07, 6.45) is 3.04. The van der Waals surface area contributed by atoms with E-state index in [1.165, 1.54) is 31.6 Å². The summed E-state index contributed by atoms with van der Waals surface area (Å²) >= 11 is 0. The van der Waals surface area contributed by atoms with E-state index in [-0.39, 0.29) is 12.8 Å². The maximum atomic E-state index is 12.1. The van der Waals surface area contributed by atoms with Crippen LogP contribution in [0.1, 0.15) is 44.0 Å². The van der Waals surface area contributed by atoms with Crippen LogP contribution in [-0.2, 0) is 19.1 Å². The van der Waals surface area contributed by atoms with Crippen LogP contribution < -0.4 is 5.32 Å². The fourth-order valence-corrected chi connectivity index (χ4v) is 1.79. The first-order valence-corrected chi connectivity index (χ1v) is 7.23. The van der Waals surface area contributed by atoms with Gasteiger partial charge in [0.05, 0.1) is 7.11 Å². The summed E-state index contributed by atoms with van der Waals surface area (Å²) in [5.41, 5.74) is -0.232. The maximum absolute atomic E-state index is 12.1. The van der Waals surface area contributed by atoms with Crippen molar-refractivity contribution in [2.45, 2.75) is 45.3 Å². The molecular weight excluding hydrogens is 300 g/mol. The molecule has 1 aromatic heterocycles. The van der Waals surface area contributed by atoms with Crippen molar-refractivity contribution in [3.05, 3.63) is 30.1 Å². The molecule has 0 spiro atoms. The van der Waals surface area contributed by atoms with Gasteiger partial charge in [-0.15, -0.1) is 0 Å². The fourth-order valence-electron chi connectivity index (χ4n) is 1.79. The van der Waals surface area contributed by atoms with Gasteiger partial charge in [0.2, 0.25) is 0 Å². The molecule has 0 fully saturated rings. The first kappa shape index (κ1) is 18.6. The normalized spacial score (nSPS) is 12.2. The number of pyridine rings is 1. The van der Waals surface area contributed by atoms with Crippen molar-refractivity contribution in [3.8, 4) is 0 Å². The minimum Gasteiger partial charge on any atom is -0.467 e. The maximum Gasteiger partial charge on any atom is 0.328 e. The molecule has 1 amide bonds. The Morgan fingerprint density at radius 2 is 1.83 bits per heavy atom. The third-order valence-corrected chi connectivity index (χ3v) is 2.79. The zero-order chi connectivity index (χ0) is 17.5. The number of nitrogens with one attached hydrogen (secondary N) is 1. The number of aromatic nitrogens is 1. The number of amides is 1. The number of rotatable bonds is 6. The highest BCUT2D eigenvalue weighted by molar-refractivity contribution is 5.96. The van der Waals surface area contributed by atoms with E-state index in [4.69, 9.17) is 4.74 Å². The molecule has 1 heterocycles. The lowest BCUT2D eigenvalue weighted by Gasteiger charge is -2.21. The molecule has 126 valence electrons. The van der Waals surface area contributed by atoms with E-state index < -0.39 is 29.5 Å². The van der Waals surface area contributed by atoms with Gasteiger partial charge < -0.3 is 14.8 Å². The Balaban J connectivity index is 2.65. The van der Waals surface area contributed by atoms with Crippen LogP contribution in [0.2, 0.25) is 0 Å². The van der Waals surface area contributed by atoms with Gasteiger partial charge in [-0.05, 0) is 39.3 Å². The molecule has 1 atom stereocenters. The second kappa shape index (κ2) is 8.26. The van der Waals surface area contributed by atoms with Crippen LogP contribution in [-0.4, -0.2) is 41.6 Å². The molecule has 0 radical (unpaired) electrons. The minimum absolute atomic E-state index is 0.00629. The Labute approximate surface area is 135 Å². The van der Waals surface area contributed by atoms with E-state index in [1.54, 1.807) is 20.8 Å². The van der Waals surface area contributed by atoms with Gasteiger partial charge in [-0.3, -0.25) is 14.6 Å². The number of nitrogens with zero attached hydrogens (tertiary/aromatic N) is 1. The fraction of sp³-hybridized carbons (Fsp3) is 0.500. The van der Waals surface area contributed by atoms with Crippen molar-refractivity contribution in [2.75, 3.05) is 7.11 Å². The quantitative estimate of drug-likeness (QED) is 0.797. The zero-order valence-corrected chi connectivity index (χ0v) is 13.8. The number of carbonyl (C=O) groups excluding carboxylic acids is 3. The summed E-state index contributed by atoms with van der Waals surface area (Å²) in [5, 5.41) is 2.55. The Morgan fingerprint density at radius 1 is 1.22 bits per heavy atom.